The standard InChI is InChI=1S/C27H24ClN3O5S/c1-14-10-21(24(28)15(2)25(14)32)36-18-8-9-19-20(12-18)31(3)23(29-19)13-35-17-6-4-16(5-7-17)11-22-26(33)30-27(34)37-22/h4-10,12,22,32H,11,13H2,1-3H3,(H,30,33,34)/i22D. The molecule has 3 aromatic carbocycles. The molecule has 1 saturated heterocycles. The van der Waals surface area contributed by atoms with Gasteiger partial charge in [-0.2, -0.15) is 0 Å². The molecule has 4 aromatic rings. The summed E-state index contributed by atoms with van der Waals surface area (Å²) in [7, 11) is 1.89. The number of imidazole rings is 1. The molecule has 0 saturated carbocycles. The van der Waals surface area contributed by atoms with Crippen LogP contribution in [0.15, 0.2) is 48.5 Å². The van der Waals surface area contributed by atoms with Gasteiger partial charge in [-0.25, -0.2) is 4.98 Å². The number of imide groups is 1. The minimum absolute atomic E-state index is 0.110. The number of fused-ring (bicyclic) bond motifs is 1. The highest BCUT2D eigenvalue weighted by Gasteiger charge is 2.31. The summed E-state index contributed by atoms with van der Waals surface area (Å²) in [6.07, 6.45) is 0.110. The summed E-state index contributed by atoms with van der Waals surface area (Å²) in [5, 5.41) is 10.6. The van der Waals surface area contributed by atoms with Crippen LogP contribution in [0, 0.1) is 13.8 Å². The highest BCUT2D eigenvalue weighted by Crippen LogP contribution is 2.39. The SMILES string of the molecule is [2H]C1(Cc2ccc(OCc3nc4ccc(Oc5cc(C)c(O)c(C)c5Cl)cc4n3C)cc2)SC(=O)NC1=O. The number of hydrogen-bond acceptors (Lipinski definition) is 7. The maximum atomic E-state index is 11.9. The van der Waals surface area contributed by atoms with Crippen molar-refractivity contribution in [3.63, 3.8) is 0 Å². The number of phenols is 1. The highest BCUT2D eigenvalue weighted by molar-refractivity contribution is 8.15. The third-order valence-electron chi connectivity index (χ3n) is 6.14. The second-order valence-electron chi connectivity index (χ2n) is 8.70. The third-order valence-corrected chi connectivity index (χ3v) is 7.47. The molecule has 5 rings (SSSR count). The van der Waals surface area contributed by atoms with Gasteiger partial charge in [0.15, 0.2) is 0 Å². The molecule has 37 heavy (non-hydrogen) atoms. The minimum atomic E-state index is -1.56. The fraction of sp³-hybridized carbons (Fsp3) is 0.222. The van der Waals surface area contributed by atoms with Crippen LogP contribution in [0.1, 0.15) is 23.9 Å². The molecule has 10 heteroatoms. The molecular formula is C27H24ClN3O5S. The van der Waals surface area contributed by atoms with Crippen LogP contribution in [0.5, 0.6) is 23.0 Å². The zero-order chi connectivity index (χ0) is 27.2. The topological polar surface area (TPSA) is 103 Å². The summed E-state index contributed by atoms with van der Waals surface area (Å²) in [6.45, 7) is 3.75. The lowest BCUT2D eigenvalue weighted by molar-refractivity contribution is -0.118. The second-order valence-corrected chi connectivity index (χ2v) is 10.1. The molecule has 1 unspecified atom stereocenters. The molecule has 190 valence electrons. The van der Waals surface area contributed by atoms with E-state index >= 15 is 0 Å². The number of carbonyl (C=O) groups excluding carboxylic acids is 2. The van der Waals surface area contributed by atoms with Gasteiger partial charge in [0.2, 0.25) is 5.91 Å². The Bertz CT molecular complexity index is 1590. The van der Waals surface area contributed by atoms with Crippen molar-refractivity contribution in [1.82, 2.24) is 14.9 Å². The van der Waals surface area contributed by atoms with E-state index in [0.717, 1.165) is 16.6 Å². The van der Waals surface area contributed by atoms with E-state index in [1.165, 1.54) is 0 Å². The Morgan fingerprint density at radius 1 is 1.16 bits per heavy atom. The fourth-order valence-electron chi connectivity index (χ4n) is 4.03. The summed E-state index contributed by atoms with van der Waals surface area (Å²) in [4.78, 5) is 28.0. The smallest absolute Gasteiger partial charge is 0.286 e. The minimum Gasteiger partial charge on any atom is -0.507 e. The Hall–Kier alpha value is -3.69. The number of aromatic nitrogens is 2. The molecule has 0 bridgehead atoms. The van der Waals surface area contributed by atoms with E-state index in [1.54, 1.807) is 44.2 Å². The number of thioether (sulfide) groups is 1. The Morgan fingerprint density at radius 3 is 2.59 bits per heavy atom. The predicted octanol–water partition coefficient (Wildman–Crippen LogP) is 5.81. The van der Waals surface area contributed by atoms with Crippen molar-refractivity contribution < 1.29 is 25.5 Å². The number of benzene rings is 3. The molecule has 0 spiro atoms. The van der Waals surface area contributed by atoms with E-state index < -0.39 is 16.4 Å². The average Bonchev–Trinajstić information content (AvgIpc) is 3.33. The van der Waals surface area contributed by atoms with Crippen LogP contribution in [-0.2, 0) is 24.9 Å². The van der Waals surface area contributed by atoms with Crippen LogP contribution in [0.3, 0.4) is 0 Å². The number of aromatic hydroxyl groups is 1. The first-order valence-corrected chi connectivity index (χ1v) is 12.6. The van der Waals surface area contributed by atoms with E-state index in [0.29, 0.717) is 51.0 Å². The quantitative estimate of drug-likeness (QED) is 0.306. The molecule has 1 aromatic heterocycles. The number of aryl methyl sites for hydroxylation is 2. The molecule has 1 atom stereocenters. The van der Waals surface area contributed by atoms with Gasteiger partial charge in [0.05, 0.1) is 22.7 Å². The summed E-state index contributed by atoms with van der Waals surface area (Å²) in [5.41, 5.74) is 3.61. The number of hydrogen-bond donors (Lipinski definition) is 2. The molecular weight excluding hydrogens is 514 g/mol. The van der Waals surface area contributed by atoms with Crippen LogP contribution >= 0.6 is 23.4 Å². The summed E-state index contributed by atoms with van der Waals surface area (Å²) >= 11 is 7.07. The average molecular weight is 539 g/mol. The molecule has 1 fully saturated rings. The fourth-order valence-corrected chi connectivity index (χ4v) is 4.96. The Kier molecular flexibility index (Phi) is 6.40. The zero-order valence-electron chi connectivity index (χ0n) is 21.3. The number of ether oxygens (including phenoxy) is 2. The van der Waals surface area contributed by atoms with E-state index in [4.69, 9.17) is 22.4 Å². The lowest BCUT2D eigenvalue weighted by atomic mass is 10.1. The normalized spacial score (nSPS) is 17.7. The Balaban J connectivity index is 1.28. The number of rotatable bonds is 7. The Morgan fingerprint density at radius 2 is 1.89 bits per heavy atom. The van der Waals surface area contributed by atoms with Gasteiger partial charge >= 0.3 is 0 Å². The first-order chi connectivity index (χ1) is 18.0. The third kappa shape index (κ3) is 5.10. The first-order valence-electron chi connectivity index (χ1n) is 11.9. The number of nitrogens with zero attached hydrogens (tertiary/aromatic N) is 2. The van der Waals surface area contributed by atoms with Crippen molar-refractivity contribution >= 4 is 45.5 Å². The van der Waals surface area contributed by atoms with Crippen LogP contribution in [0.25, 0.3) is 11.0 Å². The summed E-state index contributed by atoms with van der Waals surface area (Å²) in [6, 6.07) is 14.3. The van der Waals surface area contributed by atoms with Gasteiger partial charge in [0.25, 0.3) is 5.24 Å². The monoisotopic (exact) mass is 538 g/mol. The van der Waals surface area contributed by atoms with Gasteiger partial charge in [0, 0.05) is 18.7 Å². The maximum absolute atomic E-state index is 11.9. The zero-order valence-corrected chi connectivity index (χ0v) is 21.9. The van der Waals surface area contributed by atoms with Crippen LogP contribution < -0.4 is 14.8 Å². The summed E-state index contributed by atoms with van der Waals surface area (Å²) in [5.74, 6) is 1.91. The second kappa shape index (κ2) is 9.99. The van der Waals surface area contributed by atoms with Crippen molar-refractivity contribution in [3.8, 4) is 23.0 Å². The van der Waals surface area contributed by atoms with Gasteiger partial charge < -0.3 is 19.1 Å². The molecule has 1 aliphatic rings. The number of halogens is 1. The number of carbonyl (C=O) groups is 2. The lowest BCUT2D eigenvalue weighted by Gasteiger charge is -2.13. The largest absolute Gasteiger partial charge is 0.507 e. The predicted molar refractivity (Wildman–Crippen MR) is 143 cm³/mol. The van der Waals surface area contributed by atoms with Crippen LogP contribution in [0.2, 0.25) is 5.02 Å². The van der Waals surface area contributed by atoms with Gasteiger partial charge in [-0.05, 0) is 61.7 Å². The lowest BCUT2D eigenvalue weighted by Crippen LogP contribution is -2.25. The molecule has 2 amide bonds. The molecule has 8 nitrogen and oxygen atoms in total. The molecule has 2 N–H and O–H groups in total. The Labute approximate surface area is 224 Å². The number of phenolic OH excluding ortho intramolecular Hbond substituents is 1. The first kappa shape index (κ1) is 23.7. The van der Waals surface area contributed by atoms with E-state index in [9.17, 15) is 14.7 Å². The van der Waals surface area contributed by atoms with E-state index in [-0.39, 0.29) is 18.8 Å². The van der Waals surface area contributed by atoms with Crippen molar-refractivity contribution in [3.05, 3.63) is 76.1 Å². The highest BCUT2D eigenvalue weighted by atomic mass is 35.5. The van der Waals surface area contributed by atoms with Crippen molar-refractivity contribution in [2.24, 2.45) is 7.05 Å². The molecule has 2 heterocycles. The maximum Gasteiger partial charge on any atom is 0.286 e. The van der Waals surface area contributed by atoms with Crippen LogP contribution in [-0.4, -0.2) is 31.0 Å². The van der Waals surface area contributed by atoms with Crippen LogP contribution in [0.4, 0.5) is 4.79 Å². The number of nitrogens with one attached hydrogen (secondary N) is 1. The van der Waals surface area contributed by atoms with Crippen molar-refractivity contribution in [1.29, 1.82) is 0 Å². The van der Waals surface area contributed by atoms with Gasteiger partial charge in [0.1, 0.15) is 35.4 Å². The van der Waals surface area contributed by atoms with Crippen molar-refractivity contribution in [2.75, 3.05) is 0 Å². The van der Waals surface area contributed by atoms with E-state index in [1.807, 2.05) is 29.8 Å². The van der Waals surface area contributed by atoms with Gasteiger partial charge in [-0.1, -0.05) is 35.5 Å². The van der Waals surface area contributed by atoms with Gasteiger partial charge in [-0.3, -0.25) is 14.9 Å². The van der Waals surface area contributed by atoms with E-state index in [2.05, 4.69) is 10.3 Å². The molecule has 1 aliphatic heterocycles. The molecule has 0 aliphatic carbocycles. The van der Waals surface area contributed by atoms with Gasteiger partial charge in [-0.15, -0.1) is 0 Å². The summed E-state index contributed by atoms with van der Waals surface area (Å²) < 4.78 is 22.1. The number of amides is 2. The van der Waals surface area contributed by atoms with Crippen molar-refractivity contribution in [2.45, 2.75) is 32.1 Å². The molecule has 0 radical (unpaired) electrons.